The van der Waals surface area contributed by atoms with Crippen LogP contribution in [0.25, 0.3) is 0 Å². The molecule has 0 bridgehead atoms. The van der Waals surface area contributed by atoms with Crippen LogP contribution in [-0.2, 0) is 9.84 Å². The molecule has 0 aliphatic carbocycles. The number of ether oxygens (including phenoxy) is 1. The summed E-state index contributed by atoms with van der Waals surface area (Å²) in [6.07, 6.45) is 1.56. The van der Waals surface area contributed by atoms with E-state index >= 15 is 0 Å². The Bertz CT molecular complexity index is 629. The van der Waals surface area contributed by atoms with Gasteiger partial charge in [-0.1, -0.05) is 6.92 Å². The van der Waals surface area contributed by atoms with E-state index in [1.165, 1.54) is 0 Å². The van der Waals surface area contributed by atoms with Crippen molar-refractivity contribution in [1.29, 1.82) is 0 Å². The van der Waals surface area contributed by atoms with E-state index in [1.54, 1.807) is 0 Å². The van der Waals surface area contributed by atoms with Gasteiger partial charge in [-0.25, -0.2) is 8.42 Å². The van der Waals surface area contributed by atoms with E-state index in [0.29, 0.717) is 18.1 Å². The summed E-state index contributed by atoms with van der Waals surface area (Å²) >= 11 is 5.51. The minimum absolute atomic E-state index is 0.0253. The zero-order chi connectivity index (χ0) is 16.9. The molecule has 7 heteroatoms. The number of anilines is 1. The molecule has 0 radical (unpaired) electrons. The second-order valence-electron chi connectivity index (χ2n) is 5.64. The van der Waals surface area contributed by atoms with Crippen molar-refractivity contribution in [3.8, 4) is 5.75 Å². The molecule has 1 heterocycles. The highest BCUT2D eigenvalue weighted by Crippen LogP contribution is 2.21. The summed E-state index contributed by atoms with van der Waals surface area (Å²) in [5.74, 6) is 1.26. The van der Waals surface area contributed by atoms with Gasteiger partial charge in [0.15, 0.2) is 14.9 Å². The number of benzene rings is 1. The molecule has 1 N–H and O–H groups in total. The minimum Gasteiger partial charge on any atom is -0.494 e. The number of rotatable bonds is 6. The first-order valence-corrected chi connectivity index (χ1v) is 10.2. The standard InChI is InChI=1S/C16H24N2O3S2/c1-3-10-18(14-9-11-23(19,20)12-14)16(22)17-13-5-7-15(8-6-13)21-4-2/h5-8,14H,3-4,9-12H2,1-2H3,(H,17,22)/t14-/m0/s1. The van der Waals surface area contributed by atoms with Crippen LogP contribution >= 0.6 is 12.2 Å². The fourth-order valence-electron chi connectivity index (χ4n) is 2.71. The Balaban J connectivity index is 2.03. The topological polar surface area (TPSA) is 58.6 Å². The molecule has 1 aliphatic rings. The van der Waals surface area contributed by atoms with Crippen LogP contribution in [0.15, 0.2) is 24.3 Å². The van der Waals surface area contributed by atoms with E-state index in [2.05, 4.69) is 12.2 Å². The van der Waals surface area contributed by atoms with E-state index in [1.807, 2.05) is 36.1 Å². The molecule has 2 rings (SSSR count). The Morgan fingerprint density at radius 2 is 2.04 bits per heavy atom. The highest BCUT2D eigenvalue weighted by molar-refractivity contribution is 7.91. The van der Waals surface area contributed by atoms with Crippen molar-refractivity contribution < 1.29 is 13.2 Å². The minimum atomic E-state index is -2.92. The molecule has 1 saturated heterocycles. The predicted octanol–water partition coefficient (Wildman–Crippen LogP) is 2.68. The first-order valence-electron chi connectivity index (χ1n) is 7.96. The summed E-state index contributed by atoms with van der Waals surface area (Å²) in [6, 6.07) is 7.57. The molecule has 1 fully saturated rings. The maximum atomic E-state index is 11.7. The van der Waals surface area contributed by atoms with Crippen LogP contribution < -0.4 is 10.1 Å². The molecule has 1 aromatic carbocycles. The van der Waals surface area contributed by atoms with Gasteiger partial charge in [0.1, 0.15) is 5.75 Å². The van der Waals surface area contributed by atoms with Crippen molar-refractivity contribution in [1.82, 2.24) is 4.90 Å². The van der Waals surface area contributed by atoms with Gasteiger partial charge in [0.25, 0.3) is 0 Å². The highest BCUT2D eigenvalue weighted by Gasteiger charge is 2.33. The molecule has 23 heavy (non-hydrogen) atoms. The molecule has 0 amide bonds. The molecular formula is C16H24N2O3S2. The number of hydrogen-bond acceptors (Lipinski definition) is 4. The van der Waals surface area contributed by atoms with Gasteiger partial charge in [0, 0.05) is 18.3 Å². The van der Waals surface area contributed by atoms with Gasteiger partial charge in [0.05, 0.1) is 18.1 Å². The van der Waals surface area contributed by atoms with E-state index in [4.69, 9.17) is 17.0 Å². The Kier molecular flexibility index (Phi) is 6.24. The predicted molar refractivity (Wildman–Crippen MR) is 97.9 cm³/mol. The van der Waals surface area contributed by atoms with Crippen LogP contribution in [0, 0.1) is 0 Å². The third-order valence-electron chi connectivity index (χ3n) is 3.79. The van der Waals surface area contributed by atoms with Crippen molar-refractivity contribution in [3.63, 3.8) is 0 Å². The average Bonchev–Trinajstić information content (AvgIpc) is 2.87. The van der Waals surface area contributed by atoms with Crippen LogP contribution in [0.3, 0.4) is 0 Å². The van der Waals surface area contributed by atoms with Gasteiger partial charge in [-0.3, -0.25) is 0 Å². The maximum Gasteiger partial charge on any atom is 0.173 e. The van der Waals surface area contributed by atoms with Crippen LogP contribution in [0.4, 0.5) is 5.69 Å². The van der Waals surface area contributed by atoms with Crippen molar-refractivity contribution in [2.24, 2.45) is 0 Å². The van der Waals surface area contributed by atoms with Crippen LogP contribution in [-0.4, -0.2) is 49.1 Å². The molecule has 1 atom stereocenters. The van der Waals surface area contributed by atoms with E-state index < -0.39 is 9.84 Å². The number of hydrogen-bond donors (Lipinski definition) is 1. The molecule has 5 nitrogen and oxygen atoms in total. The summed E-state index contributed by atoms with van der Waals surface area (Å²) in [7, 11) is -2.92. The smallest absolute Gasteiger partial charge is 0.173 e. The lowest BCUT2D eigenvalue weighted by molar-refractivity contribution is 0.339. The van der Waals surface area contributed by atoms with Crippen LogP contribution in [0.2, 0.25) is 0 Å². The van der Waals surface area contributed by atoms with Crippen LogP contribution in [0.5, 0.6) is 5.75 Å². The van der Waals surface area contributed by atoms with Gasteiger partial charge in [-0.15, -0.1) is 0 Å². The summed E-state index contributed by atoms with van der Waals surface area (Å²) in [6.45, 7) is 5.39. The number of nitrogens with zero attached hydrogens (tertiary/aromatic N) is 1. The summed E-state index contributed by atoms with van der Waals surface area (Å²) in [5.41, 5.74) is 0.875. The third-order valence-corrected chi connectivity index (χ3v) is 5.88. The summed E-state index contributed by atoms with van der Waals surface area (Å²) in [4.78, 5) is 2.01. The van der Waals surface area contributed by atoms with Crippen molar-refractivity contribution in [2.75, 3.05) is 30.0 Å². The van der Waals surface area contributed by atoms with Gasteiger partial charge >= 0.3 is 0 Å². The number of nitrogens with one attached hydrogen (secondary N) is 1. The Morgan fingerprint density at radius 1 is 1.35 bits per heavy atom. The maximum absolute atomic E-state index is 11.7. The van der Waals surface area contributed by atoms with Crippen molar-refractivity contribution in [3.05, 3.63) is 24.3 Å². The normalized spacial score (nSPS) is 19.3. The van der Waals surface area contributed by atoms with E-state index in [-0.39, 0.29) is 17.5 Å². The molecule has 128 valence electrons. The molecule has 1 aromatic rings. The fraction of sp³-hybridized carbons (Fsp3) is 0.562. The Labute approximate surface area is 143 Å². The van der Waals surface area contributed by atoms with Crippen LogP contribution in [0.1, 0.15) is 26.7 Å². The van der Waals surface area contributed by atoms with Crippen molar-refractivity contribution in [2.45, 2.75) is 32.7 Å². The molecule has 0 unspecified atom stereocenters. The number of thiocarbonyl (C=S) groups is 1. The second-order valence-corrected chi connectivity index (χ2v) is 8.25. The summed E-state index contributed by atoms with van der Waals surface area (Å²) < 4.78 is 28.9. The first kappa shape index (κ1) is 18.0. The Hall–Kier alpha value is -1.34. The van der Waals surface area contributed by atoms with Gasteiger partial charge in [-0.05, 0) is 56.2 Å². The number of sulfone groups is 1. The van der Waals surface area contributed by atoms with Gasteiger partial charge in [0.2, 0.25) is 0 Å². The fourth-order valence-corrected chi connectivity index (χ4v) is 4.80. The largest absolute Gasteiger partial charge is 0.494 e. The zero-order valence-electron chi connectivity index (χ0n) is 13.6. The van der Waals surface area contributed by atoms with Gasteiger partial charge < -0.3 is 15.0 Å². The lowest BCUT2D eigenvalue weighted by Gasteiger charge is -2.30. The molecule has 0 saturated carbocycles. The average molecular weight is 357 g/mol. The van der Waals surface area contributed by atoms with E-state index in [9.17, 15) is 8.42 Å². The molecule has 0 aromatic heterocycles. The third kappa shape index (κ3) is 5.07. The van der Waals surface area contributed by atoms with Crippen molar-refractivity contribution >= 4 is 32.9 Å². The highest BCUT2D eigenvalue weighted by atomic mass is 32.2. The molecular weight excluding hydrogens is 332 g/mol. The quantitative estimate of drug-likeness (QED) is 0.791. The molecule has 0 spiro atoms. The lowest BCUT2D eigenvalue weighted by atomic mass is 10.2. The summed E-state index contributed by atoms with van der Waals surface area (Å²) in [5, 5.41) is 3.79. The monoisotopic (exact) mass is 356 g/mol. The first-order chi connectivity index (χ1) is 10.9. The Morgan fingerprint density at radius 3 is 2.57 bits per heavy atom. The lowest BCUT2D eigenvalue weighted by Crippen LogP contribution is -2.43. The molecule has 1 aliphatic heterocycles. The zero-order valence-corrected chi connectivity index (χ0v) is 15.3. The van der Waals surface area contributed by atoms with E-state index in [0.717, 1.165) is 24.4 Å². The van der Waals surface area contributed by atoms with Gasteiger partial charge in [-0.2, -0.15) is 0 Å². The SMILES string of the molecule is CCCN(C(=S)Nc1ccc(OCC)cc1)[C@H]1CCS(=O)(=O)C1. The second kappa shape index (κ2) is 7.97.